The first-order valence-electron chi connectivity index (χ1n) is 10.2. The molecule has 1 aliphatic heterocycles. The lowest BCUT2D eigenvalue weighted by atomic mass is 10.0. The lowest BCUT2D eigenvalue weighted by Gasteiger charge is -2.36. The van der Waals surface area contributed by atoms with Crippen molar-refractivity contribution < 1.29 is 14.3 Å². The molecule has 154 valence electrons. The first-order valence-corrected chi connectivity index (χ1v) is 10.2. The van der Waals surface area contributed by atoms with Gasteiger partial charge in [0.2, 0.25) is 5.91 Å². The predicted octanol–water partition coefficient (Wildman–Crippen LogP) is 5.05. The van der Waals surface area contributed by atoms with E-state index in [-0.39, 0.29) is 11.9 Å². The van der Waals surface area contributed by atoms with E-state index in [1.54, 1.807) is 7.11 Å². The molecule has 1 unspecified atom stereocenters. The van der Waals surface area contributed by atoms with E-state index in [9.17, 15) is 4.79 Å². The molecule has 0 aromatic heterocycles. The van der Waals surface area contributed by atoms with E-state index in [1.807, 2.05) is 71.6 Å². The highest BCUT2D eigenvalue weighted by molar-refractivity contribution is 5.97. The number of hydrogen-bond donors (Lipinski definition) is 1. The molecule has 5 nitrogen and oxygen atoms in total. The Bertz CT molecular complexity index is 973. The number of benzene rings is 3. The highest BCUT2D eigenvalue weighted by Crippen LogP contribution is 2.35. The molecule has 1 amide bonds. The molecule has 0 radical (unpaired) electrons. The van der Waals surface area contributed by atoms with Crippen LogP contribution in [-0.4, -0.2) is 26.2 Å². The minimum absolute atomic E-state index is 0.0700. The predicted molar refractivity (Wildman–Crippen MR) is 119 cm³/mol. The maximum atomic E-state index is 13.1. The van der Waals surface area contributed by atoms with Crippen LogP contribution in [0.25, 0.3) is 0 Å². The van der Waals surface area contributed by atoms with Crippen LogP contribution in [-0.2, 0) is 4.79 Å². The number of hydrogen-bond acceptors (Lipinski definition) is 4. The maximum Gasteiger partial charge on any atom is 0.227 e. The Hall–Kier alpha value is -3.47. The molecule has 0 bridgehead atoms. The van der Waals surface area contributed by atoms with Crippen molar-refractivity contribution in [1.82, 2.24) is 0 Å². The van der Waals surface area contributed by atoms with Gasteiger partial charge in [0.1, 0.15) is 11.5 Å². The van der Waals surface area contributed by atoms with Gasteiger partial charge in [-0.2, -0.15) is 0 Å². The fourth-order valence-corrected chi connectivity index (χ4v) is 3.68. The molecule has 3 aromatic carbocycles. The Labute approximate surface area is 177 Å². The van der Waals surface area contributed by atoms with Crippen molar-refractivity contribution >= 4 is 17.3 Å². The van der Waals surface area contributed by atoms with Gasteiger partial charge in [0.15, 0.2) is 0 Å². The van der Waals surface area contributed by atoms with E-state index < -0.39 is 0 Å². The highest BCUT2D eigenvalue weighted by atomic mass is 16.5. The van der Waals surface area contributed by atoms with Gasteiger partial charge in [0, 0.05) is 6.42 Å². The van der Waals surface area contributed by atoms with E-state index >= 15 is 0 Å². The number of para-hydroxylation sites is 2. The smallest absolute Gasteiger partial charge is 0.227 e. The van der Waals surface area contributed by atoms with Gasteiger partial charge in [-0.1, -0.05) is 42.5 Å². The fraction of sp³-hybridized carbons (Fsp3) is 0.240. The summed E-state index contributed by atoms with van der Waals surface area (Å²) in [6.45, 7) is 1.10. The Morgan fingerprint density at radius 3 is 2.43 bits per heavy atom. The summed E-state index contributed by atoms with van der Waals surface area (Å²) in [5.74, 6) is 1.69. The first-order chi connectivity index (χ1) is 14.7. The Morgan fingerprint density at radius 2 is 1.67 bits per heavy atom. The van der Waals surface area contributed by atoms with Crippen LogP contribution in [0.1, 0.15) is 24.4 Å². The second-order valence-electron chi connectivity index (χ2n) is 7.26. The van der Waals surface area contributed by atoms with Crippen molar-refractivity contribution in [3.63, 3.8) is 0 Å². The lowest BCUT2D eigenvalue weighted by molar-refractivity contribution is -0.118. The van der Waals surface area contributed by atoms with Crippen molar-refractivity contribution in [2.24, 2.45) is 0 Å². The molecule has 0 spiro atoms. The molecule has 30 heavy (non-hydrogen) atoms. The van der Waals surface area contributed by atoms with Gasteiger partial charge in [-0.05, 0) is 48.4 Å². The average Bonchev–Trinajstić information content (AvgIpc) is 2.82. The van der Waals surface area contributed by atoms with Crippen LogP contribution in [0.15, 0.2) is 78.9 Å². The minimum atomic E-state index is 0.0700. The normalized spacial score (nSPS) is 15.1. The second kappa shape index (κ2) is 9.35. The summed E-state index contributed by atoms with van der Waals surface area (Å²) in [7, 11) is 1.64. The Balaban J connectivity index is 1.38. The first kappa shape index (κ1) is 19.8. The van der Waals surface area contributed by atoms with Crippen LogP contribution >= 0.6 is 0 Å². The molecule has 1 heterocycles. The molecule has 3 aromatic rings. The van der Waals surface area contributed by atoms with Gasteiger partial charge in [-0.25, -0.2) is 0 Å². The molecule has 0 fully saturated rings. The number of nitrogens with one attached hydrogen (secondary N) is 1. The highest BCUT2D eigenvalue weighted by Gasteiger charge is 2.28. The zero-order chi connectivity index (χ0) is 20.8. The summed E-state index contributed by atoms with van der Waals surface area (Å²) < 4.78 is 10.9. The van der Waals surface area contributed by atoms with Gasteiger partial charge in [0.25, 0.3) is 0 Å². The zero-order valence-electron chi connectivity index (χ0n) is 17.1. The molecule has 1 atom stereocenters. The van der Waals surface area contributed by atoms with E-state index in [4.69, 9.17) is 9.47 Å². The molecule has 1 N–H and O–H groups in total. The molecular weight excluding hydrogens is 376 g/mol. The topological polar surface area (TPSA) is 50.8 Å². The maximum absolute atomic E-state index is 13.1. The molecule has 0 saturated carbocycles. The fourth-order valence-electron chi connectivity index (χ4n) is 3.68. The molecule has 5 heteroatoms. The summed E-state index contributed by atoms with van der Waals surface area (Å²) >= 11 is 0. The van der Waals surface area contributed by atoms with E-state index in [1.165, 1.54) is 5.56 Å². The van der Waals surface area contributed by atoms with E-state index in [2.05, 4.69) is 17.4 Å². The second-order valence-corrected chi connectivity index (χ2v) is 7.26. The number of fused-ring (bicyclic) bond motifs is 1. The third kappa shape index (κ3) is 4.57. The van der Waals surface area contributed by atoms with Gasteiger partial charge in [-0.3, -0.25) is 4.79 Å². The van der Waals surface area contributed by atoms with Crippen LogP contribution < -0.4 is 19.7 Å². The largest absolute Gasteiger partial charge is 0.497 e. The number of nitrogens with zero attached hydrogens (tertiary/aromatic N) is 1. The number of carbonyl (C=O) groups is 1. The van der Waals surface area contributed by atoms with Gasteiger partial charge >= 0.3 is 0 Å². The molecular formula is C25H26N2O3. The minimum Gasteiger partial charge on any atom is -0.497 e. The lowest BCUT2D eigenvalue weighted by Crippen LogP contribution is -2.40. The summed E-state index contributed by atoms with van der Waals surface area (Å²) in [6, 6.07) is 25.8. The van der Waals surface area contributed by atoms with Crippen LogP contribution in [0, 0.1) is 0 Å². The van der Waals surface area contributed by atoms with Gasteiger partial charge in [0.05, 0.1) is 37.7 Å². The van der Waals surface area contributed by atoms with Crippen molar-refractivity contribution in [2.45, 2.75) is 18.9 Å². The summed E-state index contributed by atoms with van der Waals surface area (Å²) in [5.41, 5.74) is 3.10. The number of anilines is 2. The third-order valence-corrected chi connectivity index (χ3v) is 5.26. The standard InChI is InChI=1S/C25H26N2O3/c1-29-20-13-15-21(16-14-20)30-17-7-12-25(28)27-18-23(19-8-3-2-4-9-19)26-22-10-5-6-11-24(22)27/h2-6,8-11,13-16,23,26H,7,12,17-18H2,1H3. The van der Waals surface area contributed by atoms with Crippen molar-refractivity contribution in [2.75, 3.05) is 30.5 Å². The summed E-state index contributed by atoms with van der Waals surface area (Å²) in [6.07, 6.45) is 1.10. The van der Waals surface area contributed by atoms with Crippen molar-refractivity contribution in [1.29, 1.82) is 0 Å². The number of methoxy groups -OCH3 is 1. The van der Waals surface area contributed by atoms with Crippen LogP contribution in [0.3, 0.4) is 0 Å². The monoisotopic (exact) mass is 402 g/mol. The number of amides is 1. The molecule has 4 rings (SSSR count). The molecule has 0 saturated heterocycles. The van der Waals surface area contributed by atoms with Gasteiger partial charge in [-0.15, -0.1) is 0 Å². The van der Waals surface area contributed by atoms with Crippen molar-refractivity contribution in [3.8, 4) is 11.5 Å². The SMILES string of the molecule is COc1ccc(OCCCC(=O)N2CC(c3ccccc3)Nc3ccccc32)cc1. The number of rotatable bonds is 7. The zero-order valence-corrected chi connectivity index (χ0v) is 17.1. The van der Waals surface area contributed by atoms with Crippen LogP contribution in [0.4, 0.5) is 11.4 Å². The van der Waals surface area contributed by atoms with E-state index in [0.29, 0.717) is 26.0 Å². The average molecular weight is 402 g/mol. The van der Waals surface area contributed by atoms with Crippen molar-refractivity contribution in [3.05, 3.63) is 84.4 Å². The summed E-state index contributed by atoms with van der Waals surface area (Å²) in [5, 5.41) is 3.57. The van der Waals surface area contributed by atoms with E-state index in [0.717, 1.165) is 22.9 Å². The number of ether oxygens (including phenoxy) is 2. The van der Waals surface area contributed by atoms with Crippen LogP contribution in [0.2, 0.25) is 0 Å². The Morgan fingerprint density at radius 1 is 0.967 bits per heavy atom. The quantitative estimate of drug-likeness (QED) is 0.562. The molecule has 0 aliphatic carbocycles. The molecule has 1 aliphatic rings. The van der Waals surface area contributed by atoms with Gasteiger partial charge < -0.3 is 19.7 Å². The summed E-state index contributed by atoms with van der Waals surface area (Å²) in [4.78, 5) is 15.0. The van der Waals surface area contributed by atoms with Crippen LogP contribution in [0.5, 0.6) is 11.5 Å². The Kier molecular flexibility index (Phi) is 6.18. The third-order valence-electron chi connectivity index (χ3n) is 5.26. The number of carbonyl (C=O) groups excluding carboxylic acids is 1.